The maximum absolute atomic E-state index is 13.5. The summed E-state index contributed by atoms with van der Waals surface area (Å²) in [6.45, 7) is 0.493. The number of hydrogen-bond acceptors (Lipinski definition) is 0. The Kier molecular flexibility index (Phi) is 2.97. The molecule has 0 spiro atoms. The second kappa shape index (κ2) is 4.41. The van der Waals surface area contributed by atoms with Crippen molar-refractivity contribution in [3.63, 3.8) is 0 Å². The van der Waals surface area contributed by atoms with Crippen LogP contribution in [-0.2, 0) is 6.54 Å². The lowest BCUT2D eigenvalue weighted by atomic mass is 10.2. The molecule has 1 aromatic heterocycles. The van der Waals surface area contributed by atoms with Gasteiger partial charge in [-0.3, -0.25) is 0 Å². The lowest BCUT2D eigenvalue weighted by Crippen LogP contribution is -2.33. The van der Waals surface area contributed by atoms with Crippen molar-refractivity contribution in [3.05, 3.63) is 65.2 Å². The van der Waals surface area contributed by atoms with Crippen molar-refractivity contribution in [3.8, 4) is 0 Å². The average Bonchev–Trinajstić information content (AvgIpc) is 2.26. The number of halogens is 2. The van der Waals surface area contributed by atoms with Gasteiger partial charge in [-0.2, -0.15) is 0 Å². The van der Waals surface area contributed by atoms with Crippen LogP contribution in [0, 0.1) is 5.82 Å². The monoisotopic (exact) mass is 222 g/mol. The number of aromatic nitrogens is 1. The third-order valence-corrected chi connectivity index (χ3v) is 2.45. The van der Waals surface area contributed by atoms with Crippen LogP contribution in [0.5, 0.6) is 0 Å². The van der Waals surface area contributed by atoms with Crippen molar-refractivity contribution in [2.45, 2.75) is 6.54 Å². The predicted octanol–water partition coefficient (Wildman–Crippen LogP) is 2.81. The van der Waals surface area contributed by atoms with Crippen molar-refractivity contribution in [2.75, 3.05) is 0 Å². The molecule has 1 heterocycles. The molecule has 2 rings (SSSR count). The van der Waals surface area contributed by atoms with Gasteiger partial charge in [0.15, 0.2) is 24.8 Å². The number of benzene rings is 1. The smallest absolute Gasteiger partial charge is 0.176 e. The van der Waals surface area contributed by atoms with E-state index in [1.807, 2.05) is 35.2 Å². The van der Waals surface area contributed by atoms with E-state index in [2.05, 4.69) is 0 Å². The molecule has 0 atom stereocenters. The first kappa shape index (κ1) is 10.1. The number of pyridine rings is 1. The van der Waals surface area contributed by atoms with Gasteiger partial charge in [0.25, 0.3) is 0 Å². The minimum atomic E-state index is -0.337. The van der Waals surface area contributed by atoms with E-state index in [-0.39, 0.29) is 10.8 Å². The summed E-state index contributed by atoms with van der Waals surface area (Å²) < 4.78 is 15.4. The van der Waals surface area contributed by atoms with Gasteiger partial charge in [0.2, 0.25) is 0 Å². The zero-order chi connectivity index (χ0) is 10.7. The molecular formula is C12H10ClFN+. The molecule has 0 aliphatic heterocycles. The third-order valence-electron chi connectivity index (χ3n) is 2.16. The van der Waals surface area contributed by atoms with Crippen molar-refractivity contribution >= 4 is 11.6 Å². The van der Waals surface area contributed by atoms with E-state index in [0.29, 0.717) is 12.1 Å². The topological polar surface area (TPSA) is 3.88 Å². The largest absolute Gasteiger partial charge is 0.205 e. The standard InChI is InChI=1S/C12H10ClFN/c13-11-6-4-5-10(12(11)14)9-15-7-2-1-3-8-15/h1-8H,9H2/q+1. The molecule has 2 aromatic rings. The Morgan fingerprint density at radius 1 is 1.07 bits per heavy atom. The highest BCUT2D eigenvalue weighted by Crippen LogP contribution is 2.17. The first-order chi connectivity index (χ1) is 7.27. The molecule has 0 N–H and O–H groups in total. The second-order valence-electron chi connectivity index (χ2n) is 3.26. The van der Waals surface area contributed by atoms with Gasteiger partial charge in [0.05, 0.1) is 10.6 Å². The molecule has 0 unspecified atom stereocenters. The Balaban J connectivity index is 2.29. The van der Waals surface area contributed by atoms with E-state index in [9.17, 15) is 4.39 Å². The van der Waals surface area contributed by atoms with Crippen LogP contribution in [0.15, 0.2) is 48.8 Å². The van der Waals surface area contributed by atoms with Crippen molar-refractivity contribution in [1.82, 2.24) is 0 Å². The number of nitrogens with zero attached hydrogens (tertiary/aromatic N) is 1. The molecule has 0 radical (unpaired) electrons. The third kappa shape index (κ3) is 2.34. The van der Waals surface area contributed by atoms with E-state index < -0.39 is 0 Å². The predicted molar refractivity (Wildman–Crippen MR) is 57.1 cm³/mol. The van der Waals surface area contributed by atoms with Crippen LogP contribution in [0.3, 0.4) is 0 Å². The van der Waals surface area contributed by atoms with Gasteiger partial charge in [-0.25, -0.2) is 8.96 Å². The van der Waals surface area contributed by atoms with Gasteiger partial charge in [-0.05, 0) is 12.1 Å². The summed E-state index contributed by atoms with van der Waals surface area (Å²) in [5.74, 6) is -0.337. The first-order valence-corrected chi connectivity index (χ1v) is 5.02. The van der Waals surface area contributed by atoms with Gasteiger partial charge in [0.1, 0.15) is 0 Å². The summed E-state index contributed by atoms with van der Waals surface area (Å²) in [5.41, 5.74) is 0.596. The van der Waals surface area contributed by atoms with Gasteiger partial charge >= 0.3 is 0 Å². The van der Waals surface area contributed by atoms with Gasteiger partial charge in [-0.1, -0.05) is 23.7 Å². The van der Waals surface area contributed by atoms with E-state index in [0.717, 1.165) is 0 Å². The maximum atomic E-state index is 13.5. The SMILES string of the molecule is Fc1c(Cl)cccc1C[n+]1ccccc1. The van der Waals surface area contributed by atoms with Crippen LogP contribution in [0.25, 0.3) is 0 Å². The van der Waals surface area contributed by atoms with Crippen molar-refractivity contribution < 1.29 is 8.96 Å². The average molecular weight is 223 g/mol. The highest BCUT2D eigenvalue weighted by atomic mass is 35.5. The molecule has 1 nitrogen and oxygen atoms in total. The van der Waals surface area contributed by atoms with Crippen LogP contribution >= 0.6 is 11.6 Å². The van der Waals surface area contributed by atoms with Crippen LogP contribution in [-0.4, -0.2) is 0 Å². The van der Waals surface area contributed by atoms with E-state index in [4.69, 9.17) is 11.6 Å². The molecule has 0 aliphatic carbocycles. The van der Waals surface area contributed by atoms with Crippen molar-refractivity contribution in [1.29, 1.82) is 0 Å². The normalized spacial score (nSPS) is 10.3. The van der Waals surface area contributed by atoms with E-state index in [1.54, 1.807) is 18.2 Å². The van der Waals surface area contributed by atoms with Crippen LogP contribution < -0.4 is 4.57 Å². The van der Waals surface area contributed by atoms with Gasteiger partial charge in [-0.15, -0.1) is 0 Å². The summed E-state index contributed by atoms with van der Waals surface area (Å²) in [4.78, 5) is 0. The second-order valence-corrected chi connectivity index (χ2v) is 3.67. The van der Waals surface area contributed by atoms with Crippen LogP contribution in [0.1, 0.15) is 5.56 Å². The Morgan fingerprint density at radius 2 is 1.80 bits per heavy atom. The summed E-state index contributed by atoms with van der Waals surface area (Å²) in [7, 11) is 0. The lowest BCUT2D eigenvalue weighted by Gasteiger charge is -2.00. The Labute approximate surface area is 92.8 Å². The highest BCUT2D eigenvalue weighted by Gasteiger charge is 2.09. The molecule has 0 fully saturated rings. The number of hydrogen-bond donors (Lipinski definition) is 0. The zero-order valence-corrected chi connectivity index (χ0v) is 8.78. The summed E-state index contributed by atoms with van der Waals surface area (Å²) >= 11 is 5.70. The van der Waals surface area contributed by atoms with Gasteiger partial charge < -0.3 is 0 Å². The molecule has 76 valence electrons. The van der Waals surface area contributed by atoms with Crippen LogP contribution in [0.2, 0.25) is 5.02 Å². The summed E-state index contributed by atoms with van der Waals surface area (Å²) in [5, 5.41) is 0.170. The molecule has 3 heteroatoms. The molecule has 0 aliphatic rings. The highest BCUT2D eigenvalue weighted by molar-refractivity contribution is 6.30. The maximum Gasteiger partial charge on any atom is 0.176 e. The zero-order valence-electron chi connectivity index (χ0n) is 8.03. The molecule has 1 aromatic carbocycles. The Morgan fingerprint density at radius 3 is 2.53 bits per heavy atom. The van der Waals surface area contributed by atoms with E-state index in [1.165, 1.54) is 0 Å². The van der Waals surface area contributed by atoms with E-state index >= 15 is 0 Å². The molecular weight excluding hydrogens is 213 g/mol. The lowest BCUT2D eigenvalue weighted by molar-refractivity contribution is -0.688. The fraction of sp³-hybridized carbons (Fsp3) is 0.0833. The van der Waals surface area contributed by atoms with Crippen molar-refractivity contribution in [2.24, 2.45) is 0 Å². The minimum absolute atomic E-state index is 0.170. The first-order valence-electron chi connectivity index (χ1n) is 4.64. The van der Waals surface area contributed by atoms with Gasteiger partial charge in [0, 0.05) is 12.1 Å². The fourth-order valence-corrected chi connectivity index (χ4v) is 1.60. The summed E-state index contributed by atoms with van der Waals surface area (Å²) in [6, 6.07) is 10.8. The molecule has 0 amide bonds. The quantitative estimate of drug-likeness (QED) is 0.688. The molecule has 0 saturated heterocycles. The molecule has 0 bridgehead atoms. The molecule has 0 saturated carbocycles. The molecule has 15 heavy (non-hydrogen) atoms. The Bertz CT molecular complexity index is 456. The minimum Gasteiger partial charge on any atom is -0.205 e. The van der Waals surface area contributed by atoms with Crippen LogP contribution in [0.4, 0.5) is 4.39 Å². The Hall–Kier alpha value is -1.41. The number of rotatable bonds is 2. The fourth-order valence-electron chi connectivity index (χ4n) is 1.41. The summed E-state index contributed by atoms with van der Waals surface area (Å²) in [6.07, 6.45) is 3.78.